The molecule has 0 saturated carbocycles. The van der Waals surface area contributed by atoms with E-state index in [9.17, 15) is 14.7 Å². The first-order valence-corrected chi connectivity index (χ1v) is 13.0. The van der Waals surface area contributed by atoms with E-state index in [1.54, 1.807) is 9.80 Å². The summed E-state index contributed by atoms with van der Waals surface area (Å²) in [6.45, 7) is 5.97. The van der Waals surface area contributed by atoms with Crippen molar-refractivity contribution in [1.82, 2.24) is 14.7 Å². The molecule has 7 heteroatoms. The zero-order chi connectivity index (χ0) is 25.8. The minimum atomic E-state index is -0.351. The van der Waals surface area contributed by atoms with Gasteiger partial charge < -0.3 is 19.6 Å². The van der Waals surface area contributed by atoms with E-state index >= 15 is 0 Å². The molecule has 1 N–H and O–H groups in total. The number of likely N-dealkylation sites (tertiary alicyclic amines) is 1. The number of nitrogens with zero attached hydrogens (tertiary/aromatic N) is 3. The molecule has 2 aliphatic rings. The second-order valence-electron chi connectivity index (χ2n) is 10.4. The van der Waals surface area contributed by atoms with Gasteiger partial charge in [-0.15, -0.1) is 0 Å². The fraction of sp³-hybridized carbons (Fsp3) is 0.517. The molecular weight excluding hydrogens is 454 g/mol. The average molecular weight is 494 g/mol. The van der Waals surface area contributed by atoms with Gasteiger partial charge in [-0.2, -0.15) is 0 Å². The Morgan fingerprint density at radius 2 is 1.81 bits per heavy atom. The van der Waals surface area contributed by atoms with Crippen molar-refractivity contribution in [3.8, 4) is 11.1 Å². The zero-order valence-electron chi connectivity index (χ0n) is 21.9. The monoisotopic (exact) mass is 493 g/mol. The maximum Gasteiger partial charge on any atom is 0.254 e. The number of aliphatic hydroxyl groups is 1. The van der Waals surface area contributed by atoms with Crippen LogP contribution in [0.15, 0.2) is 48.5 Å². The Morgan fingerprint density at radius 3 is 2.47 bits per heavy atom. The minimum absolute atomic E-state index is 0.0584. The molecule has 2 aliphatic heterocycles. The third-order valence-electron chi connectivity index (χ3n) is 7.73. The first-order chi connectivity index (χ1) is 17.3. The molecule has 194 valence electrons. The Balaban J connectivity index is 1.68. The fourth-order valence-corrected chi connectivity index (χ4v) is 5.39. The number of benzene rings is 2. The van der Waals surface area contributed by atoms with Crippen LogP contribution >= 0.6 is 0 Å². The highest BCUT2D eigenvalue weighted by atomic mass is 16.5. The van der Waals surface area contributed by atoms with E-state index in [2.05, 4.69) is 11.8 Å². The highest BCUT2D eigenvalue weighted by molar-refractivity contribution is 6.01. The summed E-state index contributed by atoms with van der Waals surface area (Å²) in [6.07, 6.45) is 1.63. The predicted molar refractivity (Wildman–Crippen MR) is 140 cm³/mol. The van der Waals surface area contributed by atoms with Crippen molar-refractivity contribution in [1.29, 1.82) is 0 Å². The van der Waals surface area contributed by atoms with E-state index in [-0.39, 0.29) is 42.5 Å². The first-order valence-electron chi connectivity index (χ1n) is 13.0. The standard InChI is InChI=1S/C29H39N3O4/c1-20-16-32(21(2)18-33)28(34)25-13-8-7-12-24(25)23-11-6-5-10-22(23)19-36-27(20)17-31(4)29(35)26-14-9-15-30(26)3/h5-8,10-13,20-21,26-27,33H,9,14-19H2,1-4H3/t20-,21-,26-,27+/m1/s1. The van der Waals surface area contributed by atoms with Crippen LogP contribution in [0.25, 0.3) is 11.1 Å². The number of hydrogen-bond donors (Lipinski definition) is 1. The molecule has 4 atom stereocenters. The summed E-state index contributed by atoms with van der Waals surface area (Å²) >= 11 is 0. The molecule has 0 bridgehead atoms. The molecule has 0 radical (unpaired) electrons. The van der Waals surface area contributed by atoms with Crippen LogP contribution < -0.4 is 0 Å². The van der Waals surface area contributed by atoms with Crippen LogP contribution in [0.3, 0.4) is 0 Å². The number of ether oxygens (including phenoxy) is 1. The number of likely N-dealkylation sites (N-methyl/N-ethyl adjacent to an activating group) is 2. The van der Waals surface area contributed by atoms with E-state index in [1.165, 1.54) is 0 Å². The van der Waals surface area contributed by atoms with Gasteiger partial charge in [-0.25, -0.2) is 0 Å². The summed E-state index contributed by atoms with van der Waals surface area (Å²) in [4.78, 5) is 32.8. The zero-order valence-corrected chi connectivity index (χ0v) is 21.9. The van der Waals surface area contributed by atoms with Crippen molar-refractivity contribution < 1.29 is 19.4 Å². The van der Waals surface area contributed by atoms with Gasteiger partial charge in [0.2, 0.25) is 5.91 Å². The van der Waals surface area contributed by atoms with E-state index in [0.29, 0.717) is 25.3 Å². The summed E-state index contributed by atoms with van der Waals surface area (Å²) < 4.78 is 6.53. The van der Waals surface area contributed by atoms with Gasteiger partial charge in [-0.05, 0) is 56.1 Å². The molecule has 36 heavy (non-hydrogen) atoms. The molecule has 1 fully saturated rings. The third kappa shape index (κ3) is 5.48. The van der Waals surface area contributed by atoms with E-state index < -0.39 is 0 Å². The maximum atomic E-state index is 13.9. The summed E-state index contributed by atoms with van der Waals surface area (Å²) in [5, 5.41) is 9.99. The quantitative estimate of drug-likeness (QED) is 0.692. The highest BCUT2D eigenvalue weighted by Gasteiger charge is 2.34. The van der Waals surface area contributed by atoms with E-state index in [1.807, 2.05) is 69.6 Å². The Kier molecular flexibility index (Phi) is 8.44. The molecule has 2 heterocycles. The van der Waals surface area contributed by atoms with Crippen molar-refractivity contribution in [3.05, 3.63) is 59.7 Å². The van der Waals surface area contributed by atoms with Crippen LogP contribution in [0.2, 0.25) is 0 Å². The second kappa shape index (κ2) is 11.5. The molecule has 4 rings (SSSR count). The summed E-state index contributed by atoms with van der Waals surface area (Å²) in [7, 11) is 3.85. The van der Waals surface area contributed by atoms with Gasteiger partial charge in [0.15, 0.2) is 0 Å². The Morgan fingerprint density at radius 1 is 1.14 bits per heavy atom. The molecule has 2 aromatic carbocycles. The van der Waals surface area contributed by atoms with Crippen LogP contribution in [-0.2, 0) is 16.1 Å². The Bertz CT molecular complexity index is 1070. The van der Waals surface area contributed by atoms with Gasteiger partial charge >= 0.3 is 0 Å². The van der Waals surface area contributed by atoms with Gasteiger partial charge in [0, 0.05) is 31.6 Å². The number of hydrogen-bond acceptors (Lipinski definition) is 5. The van der Waals surface area contributed by atoms with Gasteiger partial charge in [0.05, 0.1) is 31.4 Å². The number of amides is 2. The lowest BCUT2D eigenvalue weighted by atomic mass is 9.94. The average Bonchev–Trinajstić information content (AvgIpc) is 3.33. The highest BCUT2D eigenvalue weighted by Crippen LogP contribution is 2.31. The molecule has 0 aliphatic carbocycles. The smallest absolute Gasteiger partial charge is 0.254 e. The van der Waals surface area contributed by atoms with Crippen LogP contribution in [0.5, 0.6) is 0 Å². The Hall–Kier alpha value is -2.74. The summed E-state index contributed by atoms with van der Waals surface area (Å²) in [6, 6.07) is 15.2. The van der Waals surface area contributed by atoms with Crippen molar-refractivity contribution in [3.63, 3.8) is 0 Å². The Labute approximate surface area is 214 Å². The lowest BCUT2D eigenvalue weighted by Gasteiger charge is -2.35. The van der Waals surface area contributed by atoms with Crippen LogP contribution in [0.1, 0.15) is 42.6 Å². The van der Waals surface area contributed by atoms with Crippen molar-refractivity contribution in [2.24, 2.45) is 5.92 Å². The molecule has 2 amide bonds. The summed E-state index contributed by atoms with van der Waals surface area (Å²) in [5.74, 6) is -0.0482. The number of fused-ring (bicyclic) bond motifs is 3. The molecule has 0 aromatic heterocycles. The van der Waals surface area contributed by atoms with Crippen molar-refractivity contribution in [2.75, 3.05) is 40.3 Å². The molecular formula is C29H39N3O4. The van der Waals surface area contributed by atoms with Gasteiger partial charge in [-0.3, -0.25) is 14.5 Å². The normalized spacial score (nSPS) is 24.0. The number of aliphatic hydroxyl groups excluding tert-OH is 1. The van der Waals surface area contributed by atoms with E-state index in [4.69, 9.17) is 4.74 Å². The van der Waals surface area contributed by atoms with Crippen LogP contribution in [0, 0.1) is 5.92 Å². The second-order valence-corrected chi connectivity index (χ2v) is 10.4. The molecule has 0 spiro atoms. The predicted octanol–water partition coefficient (Wildman–Crippen LogP) is 3.26. The number of rotatable bonds is 5. The lowest BCUT2D eigenvalue weighted by Crippen LogP contribution is -2.49. The van der Waals surface area contributed by atoms with Crippen LogP contribution in [-0.4, -0.2) is 90.1 Å². The molecule has 2 aromatic rings. The first kappa shape index (κ1) is 26.3. The van der Waals surface area contributed by atoms with Crippen molar-refractivity contribution in [2.45, 2.75) is 51.5 Å². The topological polar surface area (TPSA) is 73.3 Å². The van der Waals surface area contributed by atoms with Gasteiger partial charge in [0.25, 0.3) is 5.91 Å². The van der Waals surface area contributed by atoms with Gasteiger partial charge in [0.1, 0.15) is 0 Å². The van der Waals surface area contributed by atoms with Crippen molar-refractivity contribution >= 4 is 11.8 Å². The summed E-state index contributed by atoms with van der Waals surface area (Å²) in [5.41, 5.74) is 3.44. The lowest BCUT2D eigenvalue weighted by molar-refractivity contribution is -0.137. The maximum absolute atomic E-state index is 13.9. The van der Waals surface area contributed by atoms with E-state index in [0.717, 1.165) is 36.1 Å². The third-order valence-corrected chi connectivity index (χ3v) is 7.73. The SMILES string of the molecule is C[C@@H]1CN([C@H](C)CO)C(=O)c2ccccc2-c2ccccc2CO[C@H]1CN(C)C(=O)[C@H]1CCCN1C. The fourth-order valence-electron chi connectivity index (χ4n) is 5.39. The van der Waals surface area contributed by atoms with Gasteiger partial charge in [-0.1, -0.05) is 49.4 Å². The minimum Gasteiger partial charge on any atom is -0.394 e. The number of carbonyl (C=O) groups excluding carboxylic acids is 2. The van der Waals surface area contributed by atoms with Crippen LogP contribution in [0.4, 0.5) is 0 Å². The number of carbonyl (C=O) groups is 2. The molecule has 0 unspecified atom stereocenters. The largest absolute Gasteiger partial charge is 0.394 e. The molecule has 7 nitrogen and oxygen atoms in total. The molecule has 1 saturated heterocycles.